The third kappa shape index (κ3) is 5.59. The molecule has 1 aliphatic carbocycles. The highest BCUT2D eigenvalue weighted by Crippen LogP contribution is 2.27. The van der Waals surface area contributed by atoms with Gasteiger partial charge in [-0.2, -0.15) is 0 Å². The van der Waals surface area contributed by atoms with Crippen LogP contribution >= 0.6 is 0 Å². The number of benzene rings is 2. The Morgan fingerprint density at radius 1 is 1.00 bits per heavy atom. The van der Waals surface area contributed by atoms with Crippen molar-refractivity contribution >= 4 is 28.5 Å². The highest BCUT2D eigenvalue weighted by atomic mass is 16.2. The molecule has 2 aromatic carbocycles. The summed E-state index contributed by atoms with van der Waals surface area (Å²) in [5.74, 6) is 1.31. The minimum Gasteiger partial charge on any atom is -0.368 e. The normalized spacial score (nSPS) is 19.0. The summed E-state index contributed by atoms with van der Waals surface area (Å²) in [6.45, 7) is 7.49. The number of nitrogens with zero attached hydrogens (tertiary/aromatic N) is 4. The van der Waals surface area contributed by atoms with Crippen LogP contribution in [0.15, 0.2) is 48.5 Å². The van der Waals surface area contributed by atoms with Crippen molar-refractivity contribution in [2.24, 2.45) is 17.6 Å². The molecule has 0 radical (unpaired) electrons. The molecule has 194 valence electrons. The van der Waals surface area contributed by atoms with Crippen molar-refractivity contribution in [3.8, 4) is 0 Å². The molecule has 5 rings (SSSR count). The van der Waals surface area contributed by atoms with Gasteiger partial charge in [-0.1, -0.05) is 50.2 Å². The van der Waals surface area contributed by atoms with Gasteiger partial charge in [-0.25, -0.2) is 9.97 Å². The summed E-state index contributed by atoms with van der Waals surface area (Å²) in [7, 11) is 0. The Hall–Kier alpha value is -3.52. The third-order valence-electron chi connectivity index (χ3n) is 7.66. The summed E-state index contributed by atoms with van der Waals surface area (Å²) >= 11 is 0. The number of aryl methyl sites for hydroxylation is 1. The van der Waals surface area contributed by atoms with Gasteiger partial charge in [-0.05, 0) is 48.4 Å². The smallest absolute Gasteiger partial charge is 0.240 e. The number of carbonyl (C=O) groups is 2. The topological polar surface area (TPSA) is 104 Å². The molecule has 8 heteroatoms. The first-order chi connectivity index (χ1) is 17.9. The molecule has 3 aromatic rings. The van der Waals surface area contributed by atoms with E-state index in [1.54, 1.807) is 0 Å². The van der Waals surface area contributed by atoms with E-state index in [9.17, 15) is 9.59 Å². The van der Waals surface area contributed by atoms with Crippen LogP contribution in [0.3, 0.4) is 0 Å². The van der Waals surface area contributed by atoms with E-state index < -0.39 is 11.9 Å². The first kappa shape index (κ1) is 25.1. The van der Waals surface area contributed by atoms with Gasteiger partial charge in [0.15, 0.2) is 0 Å². The van der Waals surface area contributed by atoms with Gasteiger partial charge in [-0.3, -0.25) is 14.5 Å². The molecular weight excluding hydrogens is 464 g/mol. The van der Waals surface area contributed by atoms with E-state index in [1.165, 1.54) is 11.1 Å². The maximum atomic E-state index is 13.3. The Morgan fingerprint density at radius 3 is 2.43 bits per heavy atom. The zero-order valence-corrected chi connectivity index (χ0v) is 21.7. The van der Waals surface area contributed by atoms with Crippen LogP contribution < -0.4 is 11.1 Å². The summed E-state index contributed by atoms with van der Waals surface area (Å²) in [4.78, 5) is 39.2. The Balaban J connectivity index is 1.24. The molecule has 1 unspecified atom stereocenters. The standard InChI is InChI=1S/C29H36N6O2/c1-19(2)26(27(30)36)33-28-23-9-5-6-10-24(23)31-25(32-28)18-34-13-15-35(16-14-34)29(37)22-12-11-20-7-3-4-8-21(20)17-22/h3-10,19,22,26H,11-18H2,1-2H3,(H2,30,36)(H,31,32,33)/t22?,26-/m0/s1. The third-order valence-corrected chi connectivity index (χ3v) is 7.66. The molecule has 0 spiro atoms. The molecule has 2 atom stereocenters. The lowest BCUT2D eigenvalue weighted by Crippen LogP contribution is -2.50. The Labute approximate surface area is 218 Å². The molecule has 1 fully saturated rings. The summed E-state index contributed by atoms with van der Waals surface area (Å²) in [5.41, 5.74) is 9.18. The largest absolute Gasteiger partial charge is 0.368 e. The average molecular weight is 501 g/mol. The van der Waals surface area contributed by atoms with Crippen LogP contribution in [0.1, 0.15) is 37.2 Å². The van der Waals surface area contributed by atoms with E-state index >= 15 is 0 Å². The number of hydrogen-bond donors (Lipinski definition) is 2. The second-order valence-corrected chi connectivity index (χ2v) is 10.6. The van der Waals surface area contributed by atoms with E-state index in [-0.39, 0.29) is 17.7 Å². The molecule has 37 heavy (non-hydrogen) atoms. The molecule has 0 bridgehead atoms. The highest BCUT2D eigenvalue weighted by Gasteiger charge is 2.30. The van der Waals surface area contributed by atoms with Crippen LogP contribution in [-0.2, 0) is 29.0 Å². The van der Waals surface area contributed by atoms with Crippen LogP contribution in [-0.4, -0.2) is 63.8 Å². The molecule has 8 nitrogen and oxygen atoms in total. The van der Waals surface area contributed by atoms with Gasteiger partial charge in [0.1, 0.15) is 17.7 Å². The number of para-hydroxylation sites is 1. The molecule has 1 aliphatic heterocycles. The predicted molar refractivity (Wildman–Crippen MR) is 145 cm³/mol. The highest BCUT2D eigenvalue weighted by molar-refractivity contribution is 5.92. The molecule has 1 aromatic heterocycles. The SMILES string of the molecule is CC(C)[C@H](Nc1nc(CN2CCN(C(=O)C3CCc4ccccc4C3)CC2)nc2ccccc12)C(N)=O. The van der Waals surface area contributed by atoms with Crippen LogP contribution in [0.2, 0.25) is 0 Å². The monoisotopic (exact) mass is 500 g/mol. The lowest BCUT2D eigenvalue weighted by Gasteiger charge is -2.37. The number of anilines is 1. The fourth-order valence-corrected chi connectivity index (χ4v) is 5.51. The van der Waals surface area contributed by atoms with Crippen molar-refractivity contribution in [2.75, 3.05) is 31.5 Å². The zero-order chi connectivity index (χ0) is 25.9. The fourth-order valence-electron chi connectivity index (χ4n) is 5.51. The minimum atomic E-state index is -0.521. The minimum absolute atomic E-state index is 0.0259. The van der Waals surface area contributed by atoms with E-state index in [2.05, 4.69) is 34.5 Å². The van der Waals surface area contributed by atoms with E-state index in [1.807, 2.05) is 43.0 Å². The van der Waals surface area contributed by atoms with Crippen molar-refractivity contribution in [1.29, 1.82) is 0 Å². The maximum Gasteiger partial charge on any atom is 0.240 e. The van der Waals surface area contributed by atoms with E-state index in [0.29, 0.717) is 31.3 Å². The van der Waals surface area contributed by atoms with Crippen LogP contribution in [0.5, 0.6) is 0 Å². The number of piperazine rings is 1. The summed E-state index contributed by atoms with van der Waals surface area (Å²) in [6.07, 6.45) is 2.76. The molecule has 2 aliphatic rings. The number of nitrogens with two attached hydrogens (primary N) is 1. The number of carbonyl (C=O) groups excluding carboxylic acids is 2. The van der Waals surface area contributed by atoms with Crippen molar-refractivity contribution < 1.29 is 9.59 Å². The van der Waals surface area contributed by atoms with Gasteiger partial charge >= 0.3 is 0 Å². The van der Waals surface area contributed by atoms with E-state index in [4.69, 9.17) is 15.7 Å². The lowest BCUT2D eigenvalue weighted by atomic mass is 9.83. The maximum absolute atomic E-state index is 13.3. The second-order valence-electron chi connectivity index (χ2n) is 10.6. The zero-order valence-electron chi connectivity index (χ0n) is 21.7. The van der Waals surface area contributed by atoms with Crippen molar-refractivity contribution in [3.05, 3.63) is 65.5 Å². The van der Waals surface area contributed by atoms with Crippen LogP contribution in [0.25, 0.3) is 10.9 Å². The van der Waals surface area contributed by atoms with Crippen LogP contribution in [0, 0.1) is 11.8 Å². The van der Waals surface area contributed by atoms with E-state index in [0.717, 1.165) is 43.3 Å². The number of amides is 2. The first-order valence-corrected chi connectivity index (χ1v) is 13.3. The number of aromatic nitrogens is 2. The number of hydrogen-bond acceptors (Lipinski definition) is 6. The fraction of sp³-hybridized carbons (Fsp3) is 0.448. The molecule has 0 saturated carbocycles. The van der Waals surface area contributed by atoms with Gasteiger partial charge in [0.2, 0.25) is 11.8 Å². The molecule has 1 saturated heterocycles. The number of nitrogens with one attached hydrogen (secondary N) is 1. The number of primary amides is 1. The van der Waals surface area contributed by atoms with Crippen molar-refractivity contribution in [2.45, 2.75) is 45.7 Å². The Kier molecular flexibility index (Phi) is 7.37. The van der Waals surface area contributed by atoms with Gasteiger partial charge in [-0.15, -0.1) is 0 Å². The number of fused-ring (bicyclic) bond motifs is 2. The first-order valence-electron chi connectivity index (χ1n) is 13.3. The van der Waals surface area contributed by atoms with Gasteiger partial charge in [0.25, 0.3) is 0 Å². The molecular formula is C29H36N6O2. The molecule has 2 heterocycles. The van der Waals surface area contributed by atoms with Crippen molar-refractivity contribution in [3.63, 3.8) is 0 Å². The quantitative estimate of drug-likeness (QED) is 0.517. The summed E-state index contributed by atoms with van der Waals surface area (Å²) < 4.78 is 0. The summed E-state index contributed by atoms with van der Waals surface area (Å²) in [5, 5.41) is 4.13. The van der Waals surface area contributed by atoms with Crippen molar-refractivity contribution in [1.82, 2.24) is 19.8 Å². The predicted octanol–water partition coefficient (Wildman–Crippen LogP) is 3.00. The second kappa shape index (κ2) is 10.8. The summed E-state index contributed by atoms with van der Waals surface area (Å²) in [6, 6.07) is 15.8. The Bertz CT molecular complexity index is 1280. The van der Waals surface area contributed by atoms with Crippen LogP contribution in [0.4, 0.5) is 5.82 Å². The van der Waals surface area contributed by atoms with Gasteiger partial charge < -0.3 is 16.0 Å². The average Bonchev–Trinajstić information content (AvgIpc) is 2.91. The molecule has 2 amide bonds. The van der Waals surface area contributed by atoms with Gasteiger partial charge in [0, 0.05) is 37.5 Å². The Morgan fingerprint density at radius 2 is 1.70 bits per heavy atom. The number of rotatable bonds is 7. The molecule has 3 N–H and O–H groups in total. The lowest BCUT2D eigenvalue weighted by molar-refractivity contribution is -0.137. The van der Waals surface area contributed by atoms with Gasteiger partial charge in [0.05, 0.1) is 12.1 Å².